The lowest BCUT2D eigenvalue weighted by Crippen LogP contribution is -2.42. The van der Waals surface area contributed by atoms with Gasteiger partial charge in [0.1, 0.15) is 5.71 Å². The highest BCUT2D eigenvalue weighted by Crippen LogP contribution is 2.27. The van der Waals surface area contributed by atoms with Crippen molar-refractivity contribution in [3.63, 3.8) is 0 Å². The average Bonchev–Trinajstić information content (AvgIpc) is 3.34. The molecule has 158 valence electrons. The maximum absolute atomic E-state index is 12.7. The van der Waals surface area contributed by atoms with Gasteiger partial charge in [-0.05, 0) is 24.8 Å². The normalized spacial score (nSPS) is 20.8. The van der Waals surface area contributed by atoms with Crippen LogP contribution in [0.3, 0.4) is 0 Å². The van der Waals surface area contributed by atoms with Crippen LogP contribution in [0.4, 0.5) is 5.13 Å². The summed E-state index contributed by atoms with van der Waals surface area (Å²) in [5.41, 5.74) is 1.93. The smallest absolute Gasteiger partial charge is 0.273 e. The molecule has 4 rings (SSSR count). The highest BCUT2D eigenvalue weighted by Gasteiger charge is 2.37. The molecule has 0 aliphatic carbocycles. The van der Waals surface area contributed by atoms with E-state index in [0.717, 1.165) is 16.2 Å². The number of sulfone groups is 1. The minimum absolute atomic E-state index is 0.0400. The van der Waals surface area contributed by atoms with E-state index in [4.69, 9.17) is 0 Å². The summed E-state index contributed by atoms with van der Waals surface area (Å²) >= 11 is 2.97. The SMILES string of the molecule is CSc1ccc(-c2csc(NC(=O)C3=NN(C4CCS(=O)(=O)C4)C(=O)CC3)n2)cc1. The maximum atomic E-state index is 12.7. The summed E-state index contributed by atoms with van der Waals surface area (Å²) in [7, 11) is -3.16. The van der Waals surface area contributed by atoms with E-state index in [2.05, 4.69) is 15.4 Å². The van der Waals surface area contributed by atoms with Gasteiger partial charge in [0.25, 0.3) is 5.91 Å². The molecule has 1 fully saturated rings. The van der Waals surface area contributed by atoms with Gasteiger partial charge in [0.15, 0.2) is 15.0 Å². The van der Waals surface area contributed by atoms with Crippen LogP contribution >= 0.6 is 23.1 Å². The van der Waals surface area contributed by atoms with E-state index >= 15 is 0 Å². The predicted octanol–water partition coefficient (Wildman–Crippen LogP) is 2.64. The number of nitrogens with one attached hydrogen (secondary N) is 1. The second-order valence-electron chi connectivity index (χ2n) is 7.06. The van der Waals surface area contributed by atoms with Gasteiger partial charge in [-0.3, -0.25) is 14.9 Å². The number of anilines is 1. The van der Waals surface area contributed by atoms with Crippen LogP contribution in [0.1, 0.15) is 19.3 Å². The third-order valence-corrected chi connectivity index (χ3v) is 8.24. The van der Waals surface area contributed by atoms with Gasteiger partial charge >= 0.3 is 0 Å². The van der Waals surface area contributed by atoms with E-state index in [1.54, 1.807) is 11.8 Å². The van der Waals surface area contributed by atoms with Crippen molar-refractivity contribution < 1.29 is 18.0 Å². The lowest BCUT2D eigenvalue weighted by molar-refractivity contribution is -0.133. The Hall–Kier alpha value is -2.24. The molecule has 2 amide bonds. The lowest BCUT2D eigenvalue weighted by atomic mass is 10.1. The van der Waals surface area contributed by atoms with E-state index in [9.17, 15) is 18.0 Å². The van der Waals surface area contributed by atoms with Crippen LogP contribution < -0.4 is 5.32 Å². The molecule has 2 aliphatic rings. The van der Waals surface area contributed by atoms with Crippen molar-refractivity contribution in [3.05, 3.63) is 29.6 Å². The Balaban J connectivity index is 1.46. The maximum Gasteiger partial charge on any atom is 0.273 e. The average molecular weight is 465 g/mol. The van der Waals surface area contributed by atoms with E-state index in [-0.39, 0.29) is 36.0 Å². The molecule has 3 heterocycles. The number of aromatic nitrogens is 1. The highest BCUT2D eigenvalue weighted by molar-refractivity contribution is 7.98. The number of hydrogen-bond donors (Lipinski definition) is 1. The summed E-state index contributed by atoms with van der Waals surface area (Å²) in [5, 5.41) is 10.4. The number of benzene rings is 1. The molecule has 1 unspecified atom stereocenters. The summed E-state index contributed by atoms with van der Waals surface area (Å²) in [5.74, 6) is -0.744. The van der Waals surface area contributed by atoms with Crippen LogP contribution in [0.2, 0.25) is 0 Å². The summed E-state index contributed by atoms with van der Waals surface area (Å²) < 4.78 is 23.5. The number of rotatable bonds is 5. The molecule has 1 aromatic heterocycles. The lowest BCUT2D eigenvalue weighted by Gasteiger charge is -2.27. The number of thioether (sulfide) groups is 1. The van der Waals surface area contributed by atoms with Crippen molar-refractivity contribution >= 4 is 55.6 Å². The van der Waals surface area contributed by atoms with Crippen molar-refractivity contribution in [2.75, 3.05) is 23.1 Å². The molecule has 0 bridgehead atoms. The molecule has 0 spiro atoms. The predicted molar refractivity (Wildman–Crippen MR) is 119 cm³/mol. The highest BCUT2D eigenvalue weighted by atomic mass is 32.2. The van der Waals surface area contributed by atoms with E-state index < -0.39 is 21.8 Å². The number of hydrogen-bond acceptors (Lipinski definition) is 8. The van der Waals surface area contributed by atoms with Gasteiger partial charge in [0, 0.05) is 28.7 Å². The molecule has 1 aromatic carbocycles. The molecule has 1 saturated heterocycles. The number of amides is 2. The first-order valence-corrected chi connectivity index (χ1v) is 13.3. The number of thiazole rings is 1. The standard InChI is InChI=1S/C19H20N4O4S3/c1-28-14-4-2-12(3-5-14)16-10-29-19(20-16)21-18(25)15-6-7-17(24)23(22-15)13-8-9-30(26,27)11-13/h2-5,10,13H,6-9,11H2,1H3,(H,20,21,25). The van der Waals surface area contributed by atoms with Crippen LogP contribution in [0, 0.1) is 0 Å². The summed E-state index contributed by atoms with van der Waals surface area (Å²) in [6.45, 7) is 0. The molecular formula is C19H20N4O4S3. The summed E-state index contributed by atoms with van der Waals surface area (Å²) in [6, 6.07) is 7.50. The number of nitrogens with zero attached hydrogens (tertiary/aromatic N) is 3. The van der Waals surface area contributed by atoms with Crippen LogP contribution in [0.15, 0.2) is 39.6 Å². The first kappa shape index (κ1) is 21.0. The zero-order valence-corrected chi connectivity index (χ0v) is 18.6. The minimum Gasteiger partial charge on any atom is -0.297 e. The quantitative estimate of drug-likeness (QED) is 0.682. The van der Waals surface area contributed by atoms with E-state index in [0.29, 0.717) is 11.6 Å². The van der Waals surface area contributed by atoms with Gasteiger partial charge in [0.05, 0.1) is 23.2 Å². The zero-order valence-electron chi connectivity index (χ0n) is 16.2. The van der Waals surface area contributed by atoms with Crippen molar-refractivity contribution in [1.82, 2.24) is 9.99 Å². The fourth-order valence-corrected chi connectivity index (χ4v) is 6.20. The van der Waals surface area contributed by atoms with Crippen LogP contribution in [-0.2, 0) is 19.4 Å². The van der Waals surface area contributed by atoms with Gasteiger partial charge in [-0.15, -0.1) is 23.1 Å². The second-order valence-corrected chi connectivity index (χ2v) is 11.0. The van der Waals surface area contributed by atoms with Crippen LogP contribution in [-0.4, -0.2) is 59.7 Å². The molecule has 1 N–H and O–H groups in total. The third kappa shape index (κ3) is 4.57. The monoisotopic (exact) mass is 464 g/mol. The summed E-state index contributed by atoms with van der Waals surface area (Å²) in [6.07, 6.45) is 2.71. The molecule has 1 atom stereocenters. The van der Waals surface area contributed by atoms with Crippen molar-refractivity contribution in [1.29, 1.82) is 0 Å². The van der Waals surface area contributed by atoms with Gasteiger partial charge in [-0.2, -0.15) is 5.10 Å². The zero-order chi connectivity index (χ0) is 21.3. The van der Waals surface area contributed by atoms with Crippen molar-refractivity contribution in [2.24, 2.45) is 5.10 Å². The van der Waals surface area contributed by atoms with Gasteiger partial charge in [0.2, 0.25) is 5.91 Å². The van der Waals surface area contributed by atoms with Gasteiger partial charge < -0.3 is 0 Å². The first-order chi connectivity index (χ1) is 14.3. The Labute approximate surface area is 182 Å². The Morgan fingerprint density at radius 1 is 1.27 bits per heavy atom. The first-order valence-electron chi connectivity index (χ1n) is 9.36. The number of carbonyl (C=O) groups is 2. The Morgan fingerprint density at radius 2 is 2.03 bits per heavy atom. The number of hydrazone groups is 1. The Bertz CT molecular complexity index is 1110. The van der Waals surface area contributed by atoms with E-state index in [1.165, 1.54) is 16.3 Å². The molecule has 0 saturated carbocycles. The molecule has 2 aromatic rings. The Kier molecular flexibility index (Phi) is 5.94. The second kappa shape index (κ2) is 8.48. The van der Waals surface area contributed by atoms with Crippen molar-refractivity contribution in [3.8, 4) is 11.3 Å². The van der Waals surface area contributed by atoms with E-state index in [1.807, 2.05) is 35.9 Å². The minimum atomic E-state index is -3.16. The van der Waals surface area contributed by atoms with Crippen LogP contribution in [0.5, 0.6) is 0 Å². The molecule has 30 heavy (non-hydrogen) atoms. The third-order valence-electron chi connectivity index (χ3n) is 4.99. The molecule has 2 aliphatic heterocycles. The molecule has 8 nitrogen and oxygen atoms in total. The fraction of sp³-hybridized carbons (Fsp3) is 0.368. The largest absolute Gasteiger partial charge is 0.297 e. The molecule has 0 radical (unpaired) electrons. The number of carbonyl (C=O) groups excluding carboxylic acids is 2. The molecule has 11 heteroatoms. The van der Waals surface area contributed by atoms with Crippen molar-refractivity contribution in [2.45, 2.75) is 30.2 Å². The Morgan fingerprint density at radius 3 is 2.70 bits per heavy atom. The topological polar surface area (TPSA) is 109 Å². The van der Waals surface area contributed by atoms with Gasteiger partial charge in [-0.25, -0.2) is 18.4 Å². The van der Waals surface area contributed by atoms with Gasteiger partial charge in [-0.1, -0.05) is 12.1 Å². The summed E-state index contributed by atoms with van der Waals surface area (Å²) in [4.78, 5) is 30.5. The fourth-order valence-electron chi connectivity index (χ4n) is 3.38. The van der Waals surface area contributed by atoms with Crippen LogP contribution in [0.25, 0.3) is 11.3 Å². The molecular weight excluding hydrogens is 444 g/mol.